The Balaban J connectivity index is 1.73. The van der Waals surface area contributed by atoms with Crippen LogP contribution in [0.3, 0.4) is 0 Å². The summed E-state index contributed by atoms with van der Waals surface area (Å²) in [6.45, 7) is 11.0. The Bertz CT molecular complexity index is 1010. The highest BCUT2D eigenvalue weighted by molar-refractivity contribution is 6.04. The molecule has 1 aromatic heterocycles. The van der Waals surface area contributed by atoms with Crippen molar-refractivity contribution < 1.29 is 14.3 Å². The third kappa shape index (κ3) is 5.62. The van der Waals surface area contributed by atoms with Crippen LogP contribution in [0.25, 0.3) is 10.8 Å². The molecule has 8 heteroatoms. The number of hydrogen-bond acceptors (Lipinski definition) is 5. The molecule has 0 atom stereocenters. The van der Waals surface area contributed by atoms with Gasteiger partial charge in [-0.25, -0.2) is 9.48 Å². The van der Waals surface area contributed by atoms with Gasteiger partial charge in [-0.3, -0.25) is 9.59 Å². The van der Waals surface area contributed by atoms with Gasteiger partial charge in [0.2, 0.25) is 0 Å². The van der Waals surface area contributed by atoms with Crippen molar-refractivity contribution in [1.82, 2.24) is 20.0 Å². The van der Waals surface area contributed by atoms with Gasteiger partial charge in [-0.05, 0) is 45.6 Å². The third-order valence-corrected chi connectivity index (χ3v) is 5.10. The van der Waals surface area contributed by atoms with Crippen molar-refractivity contribution in [2.45, 2.75) is 65.6 Å². The number of likely N-dealkylation sites (tertiary alicyclic amines) is 1. The van der Waals surface area contributed by atoms with Crippen LogP contribution < -0.4 is 10.9 Å². The maximum atomic E-state index is 13.1. The standard InChI is InChI=1S/C23H32N4O4/c1-15(2)14-27-21(29)18-9-7-6-8-17(18)19(25-27)20(28)24-16-10-12-26(13-11-16)22(30)31-23(3,4)5/h6-9,15-16H,10-14H2,1-5H3,(H,24,28). The van der Waals surface area contributed by atoms with Gasteiger partial charge in [0.05, 0.1) is 5.39 Å². The minimum absolute atomic E-state index is 0.0720. The number of nitrogens with zero attached hydrogens (tertiary/aromatic N) is 3. The summed E-state index contributed by atoms with van der Waals surface area (Å²) in [6, 6.07) is 7.00. The average molecular weight is 429 g/mol. The van der Waals surface area contributed by atoms with E-state index in [1.807, 2.05) is 34.6 Å². The van der Waals surface area contributed by atoms with Crippen LogP contribution >= 0.6 is 0 Å². The molecule has 1 aliphatic heterocycles. The van der Waals surface area contributed by atoms with E-state index in [0.717, 1.165) is 0 Å². The van der Waals surface area contributed by atoms with Crippen LogP contribution in [0.15, 0.2) is 29.1 Å². The van der Waals surface area contributed by atoms with E-state index in [0.29, 0.717) is 43.2 Å². The van der Waals surface area contributed by atoms with E-state index in [4.69, 9.17) is 4.74 Å². The van der Waals surface area contributed by atoms with Gasteiger partial charge < -0.3 is 15.0 Å². The first-order valence-corrected chi connectivity index (χ1v) is 10.8. The van der Waals surface area contributed by atoms with E-state index in [1.165, 1.54) is 4.68 Å². The fourth-order valence-corrected chi connectivity index (χ4v) is 3.66. The molecule has 2 amide bonds. The molecule has 2 aromatic rings. The van der Waals surface area contributed by atoms with Gasteiger partial charge in [-0.15, -0.1) is 0 Å². The SMILES string of the molecule is CC(C)Cn1nc(C(=O)NC2CCN(C(=O)OC(C)(C)C)CC2)c2ccccc2c1=O. The molecule has 0 radical (unpaired) electrons. The molecule has 1 aliphatic rings. The van der Waals surface area contributed by atoms with Crippen molar-refractivity contribution >= 4 is 22.8 Å². The van der Waals surface area contributed by atoms with Crippen LogP contribution in [-0.2, 0) is 11.3 Å². The maximum Gasteiger partial charge on any atom is 0.410 e. The Labute approximate surface area is 182 Å². The molecular formula is C23H32N4O4. The number of nitrogens with one attached hydrogen (secondary N) is 1. The van der Waals surface area contributed by atoms with Crippen molar-refractivity contribution in [3.63, 3.8) is 0 Å². The number of hydrogen-bond donors (Lipinski definition) is 1. The Morgan fingerprint density at radius 3 is 2.35 bits per heavy atom. The maximum absolute atomic E-state index is 13.1. The number of rotatable bonds is 4. The number of carbonyl (C=O) groups excluding carboxylic acids is 2. The highest BCUT2D eigenvalue weighted by atomic mass is 16.6. The van der Waals surface area contributed by atoms with Crippen LogP contribution in [0, 0.1) is 5.92 Å². The van der Waals surface area contributed by atoms with Crippen molar-refractivity contribution in [2.24, 2.45) is 5.92 Å². The van der Waals surface area contributed by atoms with E-state index in [1.54, 1.807) is 29.2 Å². The first kappa shape index (κ1) is 22.8. The van der Waals surface area contributed by atoms with E-state index in [2.05, 4.69) is 10.4 Å². The minimum atomic E-state index is -0.534. The van der Waals surface area contributed by atoms with Gasteiger partial charge in [0, 0.05) is 31.1 Å². The second kappa shape index (κ2) is 9.08. The van der Waals surface area contributed by atoms with E-state index in [-0.39, 0.29) is 35.2 Å². The second-order valence-corrected chi connectivity index (χ2v) is 9.49. The van der Waals surface area contributed by atoms with Gasteiger partial charge >= 0.3 is 6.09 Å². The largest absolute Gasteiger partial charge is 0.444 e. The van der Waals surface area contributed by atoms with E-state index < -0.39 is 5.60 Å². The molecular weight excluding hydrogens is 396 g/mol. The van der Waals surface area contributed by atoms with Gasteiger partial charge in [0.1, 0.15) is 5.60 Å². The van der Waals surface area contributed by atoms with Crippen LogP contribution in [-0.4, -0.2) is 51.4 Å². The molecule has 0 unspecified atom stereocenters. The molecule has 168 valence electrons. The number of ether oxygens (including phenoxy) is 1. The number of aromatic nitrogens is 2. The van der Waals surface area contributed by atoms with Crippen LogP contribution in [0.2, 0.25) is 0 Å². The Kier molecular flexibility index (Phi) is 6.67. The highest BCUT2D eigenvalue weighted by Crippen LogP contribution is 2.18. The summed E-state index contributed by atoms with van der Waals surface area (Å²) < 4.78 is 6.81. The molecule has 0 saturated carbocycles. The average Bonchev–Trinajstić information content (AvgIpc) is 2.69. The summed E-state index contributed by atoms with van der Waals surface area (Å²) >= 11 is 0. The first-order chi connectivity index (χ1) is 14.5. The fourth-order valence-electron chi connectivity index (χ4n) is 3.66. The summed E-state index contributed by atoms with van der Waals surface area (Å²) in [5.41, 5.74) is -0.467. The molecule has 0 aliphatic carbocycles. The number of amides is 2. The number of fused-ring (bicyclic) bond motifs is 1. The van der Waals surface area contributed by atoms with Crippen LogP contribution in [0.5, 0.6) is 0 Å². The topological polar surface area (TPSA) is 93.5 Å². The lowest BCUT2D eigenvalue weighted by molar-refractivity contribution is 0.0199. The smallest absolute Gasteiger partial charge is 0.410 e. The summed E-state index contributed by atoms with van der Waals surface area (Å²) in [7, 11) is 0. The third-order valence-electron chi connectivity index (χ3n) is 5.10. The molecule has 8 nitrogen and oxygen atoms in total. The summed E-state index contributed by atoms with van der Waals surface area (Å²) in [5, 5.41) is 8.48. The highest BCUT2D eigenvalue weighted by Gasteiger charge is 2.28. The van der Waals surface area contributed by atoms with Crippen molar-refractivity contribution in [3.8, 4) is 0 Å². The van der Waals surface area contributed by atoms with Gasteiger partial charge in [-0.2, -0.15) is 5.10 Å². The number of carbonyl (C=O) groups is 2. The Hall–Kier alpha value is -2.90. The van der Waals surface area contributed by atoms with Crippen molar-refractivity contribution in [1.29, 1.82) is 0 Å². The molecule has 3 rings (SSSR count). The summed E-state index contributed by atoms with van der Waals surface area (Å²) in [6.07, 6.45) is 0.939. The van der Waals surface area contributed by atoms with Gasteiger partial charge in [0.25, 0.3) is 11.5 Å². The molecule has 31 heavy (non-hydrogen) atoms. The fraction of sp³-hybridized carbons (Fsp3) is 0.565. The lowest BCUT2D eigenvalue weighted by Gasteiger charge is -2.33. The predicted molar refractivity (Wildman–Crippen MR) is 119 cm³/mol. The molecule has 2 heterocycles. The molecule has 1 aromatic carbocycles. The second-order valence-electron chi connectivity index (χ2n) is 9.49. The predicted octanol–water partition coefficient (Wildman–Crippen LogP) is 3.18. The quantitative estimate of drug-likeness (QED) is 0.807. The summed E-state index contributed by atoms with van der Waals surface area (Å²) in [4.78, 5) is 39.7. The lowest BCUT2D eigenvalue weighted by atomic mass is 10.0. The van der Waals surface area contributed by atoms with E-state index in [9.17, 15) is 14.4 Å². The summed E-state index contributed by atoms with van der Waals surface area (Å²) in [5.74, 6) is -0.0797. The molecule has 0 bridgehead atoms. The zero-order valence-corrected chi connectivity index (χ0v) is 19.0. The monoisotopic (exact) mass is 428 g/mol. The zero-order chi connectivity index (χ0) is 22.8. The van der Waals surface area contributed by atoms with Gasteiger partial charge in [0.15, 0.2) is 5.69 Å². The first-order valence-electron chi connectivity index (χ1n) is 10.8. The molecule has 1 N–H and O–H groups in total. The molecule has 1 saturated heterocycles. The number of piperidine rings is 1. The normalized spacial score (nSPS) is 15.4. The van der Waals surface area contributed by atoms with Crippen LogP contribution in [0.4, 0.5) is 4.79 Å². The molecule has 1 fully saturated rings. The van der Waals surface area contributed by atoms with Gasteiger partial charge in [-0.1, -0.05) is 32.0 Å². The van der Waals surface area contributed by atoms with Crippen LogP contribution in [0.1, 0.15) is 57.9 Å². The number of benzene rings is 1. The van der Waals surface area contributed by atoms with E-state index >= 15 is 0 Å². The van der Waals surface area contributed by atoms with Crippen molar-refractivity contribution in [2.75, 3.05) is 13.1 Å². The zero-order valence-electron chi connectivity index (χ0n) is 19.0. The lowest BCUT2D eigenvalue weighted by Crippen LogP contribution is -2.48. The van der Waals surface area contributed by atoms with Crippen molar-refractivity contribution in [3.05, 3.63) is 40.3 Å². The Morgan fingerprint density at radius 1 is 1.16 bits per heavy atom. The minimum Gasteiger partial charge on any atom is -0.444 e. The molecule has 0 spiro atoms. The Morgan fingerprint density at radius 2 is 1.77 bits per heavy atom.